The van der Waals surface area contributed by atoms with Gasteiger partial charge in [-0.05, 0) is 60.9 Å². The van der Waals surface area contributed by atoms with Crippen molar-refractivity contribution in [2.75, 3.05) is 0 Å². The molecule has 3 rings (SSSR count). The fourth-order valence-corrected chi connectivity index (χ4v) is 3.79. The molecule has 1 heterocycles. The molecule has 0 saturated heterocycles. The van der Waals surface area contributed by atoms with Gasteiger partial charge in [0.2, 0.25) is 0 Å². The SMILES string of the molecule is Cc1c(F)cccc1[C@]1(C(=O)NO)CC[C@@H](c2cncc(F)c2)C1. The van der Waals surface area contributed by atoms with E-state index in [1.165, 1.54) is 12.1 Å². The van der Waals surface area contributed by atoms with E-state index in [9.17, 15) is 18.8 Å². The summed E-state index contributed by atoms with van der Waals surface area (Å²) >= 11 is 0. The van der Waals surface area contributed by atoms with Crippen molar-refractivity contribution in [3.8, 4) is 0 Å². The van der Waals surface area contributed by atoms with Gasteiger partial charge in [-0.3, -0.25) is 15.0 Å². The lowest BCUT2D eigenvalue weighted by atomic mass is 9.75. The van der Waals surface area contributed by atoms with Gasteiger partial charge in [0.25, 0.3) is 5.91 Å². The van der Waals surface area contributed by atoms with Crippen LogP contribution < -0.4 is 5.48 Å². The molecule has 0 aliphatic heterocycles. The highest BCUT2D eigenvalue weighted by Gasteiger charge is 2.48. The maximum atomic E-state index is 14.0. The molecule has 0 unspecified atom stereocenters. The van der Waals surface area contributed by atoms with E-state index in [2.05, 4.69) is 4.98 Å². The summed E-state index contributed by atoms with van der Waals surface area (Å²) in [6.07, 6.45) is 4.12. The molecule has 24 heavy (non-hydrogen) atoms. The van der Waals surface area contributed by atoms with Gasteiger partial charge >= 0.3 is 0 Å². The molecule has 0 radical (unpaired) electrons. The first-order chi connectivity index (χ1) is 11.5. The van der Waals surface area contributed by atoms with Crippen LogP contribution in [0.3, 0.4) is 0 Å². The zero-order valence-corrected chi connectivity index (χ0v) is 13.2. The summed E-state index contributed by atoms with van der Waals surface area (Å²) in [4.78, 5) is 16.3. The summed E-state index contributed by atoms with van der Waals surface area (Å²) in [7, 11) is 0. The highest BCUT2D eigenvalue weighted by molar-refractivity contribution is 5.88. The summed E-state index contributed by atoms with van der Waals surface area (Å²) in [6.45, 7) is 1.62. The molecule has 2 aromatic rings. The van der Waals surface area contributed by atoms with Crippen molar-refractivity contribution >= 4 is 5.91 Å². The zero-order chi connectivity index (χ0) is 17.3. The minimum Gasteiger partial charge on any atom is -0.289 e. The number of benzene rings is 1. The fraction of sp³-hybridized carbons (Fsp3) is 0.333. The molecular formula is C18H18F2N2O2. The van der Waals surface area contributed by atoms with Gasteiger partial charge in [-0.1, -0.05) is 12.1 Å². The second kappa shape index (κ2) is 6.28. The molecule has 1 fully saturated rings. The van der Waals surface area contributed by atoms with Crippen LogP contribution in [0.5, 0.6) is 0 Å². The summed E-state index contributed by atoms with van der Waals surface area (Å²) in [5.41, 5.74) is 2.33. The van der Waals surface area contributed by atoms with Crippen molar-refractivity contribution in [3.63, 3.8) is 0 Å². The highest BCUT2D eigenvalue weighted by atomic mass is 19.1. The van der Waals surface area contributed by atoms with E-state index in [0.717, 1.165) is 6.20 Å². The van der Waals surface area contributed by atoms with Gasteiger partial charge in [-0.2, -0.15) is 0 Å². The van der Waals surface area contributed by atoms with Crippen LogP contribution in [0.15, 0.2) is 36.7 Å². The molecule has 1 aliphatic rings. The normalized spacial score (nSPS) is 23.2. The Bertz CT molecular complexity index is 781. The van der Waals surface area contributed by atoms with Crippen molar-refractivity contribution in [2.24, 2.45) is 0 Å². The molecule has 126 valence electrons. The minimum absolute atomic E-state index is 0.0897. The number of carbonyl (C=O) groups excluding carboxylic acids is 1. The lowest BCUT2D eigenvalue weighted by Gasteiger charge is -2.29. The van der Waals surface area contributed by atoms with E-state index in [1.54, 1.807) is 30.7 Å². The minimum atomic E-state index is -1.04. The summed E-state index contributed by atoms with van der Waals surface area (Å²) in [6, 6.07) is 6.01. The predicted octanol–water partition coefficient (Wildman–Crippen LogP) is 3.38. The molecule has 2 N–H and O–H groups in total. The van der Waals surface area contributed by atoms with Crippen molar-refractivity contribution in [1.82, 2.24) is 10.5 Å². The number of nitrogens with one attached hydrogen (secondary N) is 1. The summed E-state index contributed by atoms with van der Waals surface area (Å²) in [5.74, 6) is -1.48. The number of hydrogen-bond donors (Lipinski definition) is 2. The Morgan fingerprint density at radius 2 is 2.17 bits per heavy atom. The topological polar surface area (TPSA) is 62.2 Å². The number of rotatable bonds is 3. The lowest BCUT2D eigenvalue weighted by molar-refractivity contribution is -0.135. The highest BCUT2D eigenvalue weighted by Crippen LogP contribution is 2.49. The number of nitrogens with zero attached hydrogens (tertiary/aromatic N) is 1. The van der Waals surface area contributed by atoms with E-state index in [4.69, 9.17) is 0 Å². The number of halogens is 2. The van der Waals surface area contributed by atoms with Crippen LogP contribution in [-0.4, -0.2) is 16.1 Å². The standard InChI is InChI=1S/C18H18F2N2O2/c1-11-15(3-2-4-16(11)20)18(17(23)22-24)6-5-12(8-18)13-7-14(19)10-21-9-13/h2-4,7,9-10,12,24H,5-6,8H2,1H3,(H,22,23)/t12-,18+/m1/s1. The monoisotopic (exact) mass is 332 g/mol. The van der Waals surface area contributed by atoms with Crippen LogP contribution in [0.25, 0.3) is 0 Å². The first-order valence-corrected chi connectivity index (χ1v) is 7.78. The average Bonchev–Trinajstić information content (AvgIpc) is 3.03. The number of hydroxylamine groups is 1. The molecule has 6 heteroatoms. The van der Waals surface area contributed by atoms with Crippen LogP contribution in [0.2, 0.25) is 0 Å². The Labute approximate surface area is 138 Å². The summed E-state index contributed by atoms with van der Waals surface area (Å²) in [5, 5.41) is 9.22. The predicted molar refractivity (Wildman–Crippen MR) is 83.5 cm³/mol. The molecule has 1 amide bonds. The molecule has 2 atom stereocenters. The number of hydrogen-bond acceptors (Lipinski definition) is 3. The van der Waals surface area contributed by atoms with Gasteiger partial charge in [-0.25, -0.2) is 14.3 Å². The maximum Gasteiger partial charge on any atom is 0.254 e. The third kappa shape index (κ3) is 2.67. The molecule has 4 nitrogen and oxygen atoms in total. The largest absolute Gasteiger partial charge is 0.289 e. The molecule has 1 aromatic carbocycles. The zero-order valence-electron chi connectivity index (χ0n) is 13.2. The van der Waals surface area contributed by atoms with Gasteiger partial charge < -0.3 is 0 Å². The average molecular weight is 332 g/mol. The number of aromatic nitrogens is 1. The van der Waals surface area contributed by atoms with Gasteiger partial charge in [0.1, 0.15) is 11.6 Å². The van der Waals surface area contributed by atoms with E-state index >= 15 is 0 Å². The molecule has 0 spiro atoms. The van der Waals surface area contributed by atoms with Gasteiger partial charge in [0.05, 0.1) is 11.6 Å². The van der Waals surface area contributed by atoms with Crippen LogP contribution in [0.4, 0.5) is 8.78 Å². The molecule has 1 aliphatic carbocycles. The van der Waals surface area contributed by atoms with Crippen molar-refractivity contribution in [1.29, 1.82) is 0 Å². The Kier molecular flexibility index (Phi) is 4.32. The Morgan fingerprint density at radius 1 is 1.38 bits per heavy atom. The van der Waals surface area contributed by atoms with E-state index in [1.807, 2.05) is 0 Å². The Morgan fingerprint density at radius 3 is 2.88 bits per heavy atom. The van der Waals surface area contributed by atoms with E-state index < -0.39 is 23.0 Å². The first-order valence-electron chi connectivity index (χ1n) is 7.78. The molecule has 0 bridgehead atoms. The Balaban J connectivity index is 2.03. The van der Waals surface area contributed by atoms with Gasteiger partial charge in [0.15, 0.2) is 0 Å². The van der Waals surface area contributed by atoms with Crippen LogP contribution in [0, 0.1) is 18.6 Å². The van der Waals surface area contributed by atoms with Crippen molar-refractivity contribution in [3.05, 3.63) is 65.0 Å². The van der Waals surface area contributed by atoms with E-state index in [0.29, 0.717) is 36.0 Å². The van der Waals surface area contributed by atoms with Crippen LogP contribution in [-0.2, 0) is 10.2 Å². The number of pyridine rings is 1. The molecule has 1 aromatic heterocycles. The number of amides is 1. The number of carbonyl (C=O) groups is 1. The van der Waals surface area contributed by atoms with Gasteiger partial charge in [0, 0.05) is 6.20 Å². The maximum absolute atomic E-state index is 14.0. The van der Waals surface area contributed by atoms with E-state index in [-0.39, 0.29) is 5.92 Å². The third-order valence-corrected chi connectivity index (χ3v) is 5.03. The van der Waals surface area contributed by atoms with Gasteiger partial charge in [-0.15, -0.1) is 0 Å². The Hall–Kier alpha value is -2.34. The smallest absolute Gasteiger partial charge is 0.254 e. The summed E-state index contributed by atoms with van der Waals surface area (Å²) < 4.78 is 27.4. The lowest BCUT2D eigenvalue weighted by Crippen LogP contribution is -2.42. The van der Waals surface area contributed by atoms with Crippen LogP contribution >= 0.6 is 0 Å². The van der Waals surface area contributed by atoms with Crippen molar-refractivity contribution in [2.45, 2.75) is 37.5 Å². The molecule has 1 saturated carbocycles. The first kappa shape index (κ1) is 16.5. The molecular weight excluding hydrogens is 314 g/mol. The third-order valence-electron chi connectivity index (χ3n) is 5.03. The van der Waals surface area contributed by atoms with Crippen LogP contribution in [0.1, 0.15) is 41.9 Å². The fourth-order valence-electron chi connectivity index (χ4n) is 3.79. The quantitative estimate of drug-likeness (QED) is 0.669. The second-order valence-electron chi connectivity index (χ2n) is 6.31. The van der Waals surface area contributed by atoms with Crippen molar-refractivity contribution < 1.29 is 18.8 Å². The second-order valence-corrected chi connectivity index (χ2v) is 6.31.